The zero-order valence-electron chi connectivity index (χ0n) is 9.29. The summed E-state index contributed by atoms with van der Waals surface area (Å²) in [5.74, 6) is 7.09. The second-order valence-corrected chi connectivity index (χ2v) is 4.50. The molecule has 1 aromatic rings. The van der Waals surface area contributed by atoms with Crippen molar-refractivity contribution in [2.45, 2.75) is 19.1 Å². The number of halogens is 1. The molecule has 0 saturated carbocycles. The van der Waals surface area contributed by atoms with Crippen LogP contribution in [0.1, 0.15) is 24.5 Å². The van der Waals surface area contributed by atoms with Crippen LogP contribution in [0.5, 0.6) is 0 Å². The van der Waals surface area contributed by atoms with Crippen LogP contribution in [0, 0.1) is 17.7 Å². The Morgan fingerprint density at radius 1 is 1.44 bits per heavy atom. The Morgan fingerprint density at radius 3 is 2.94 bits per heavy atom. The van der Waals surface area contributed by atoms with Gasteiger partial charge in [-0.05, 0) is 23.4 Å². The molecular formula is C13H15FOS. The van der Waals surface area contributed by atoms with Crippen molar-refractivity contribution in [2.24, 2.45) is 0 Å². The number of aliphatic hydroxyl groups excluding tert-OH is 1. The molecule has 1 nitrogen and oxygen atoms in total. The van der Waals surface area contributed by atoms with Gasteiger partial charge >= 0.3 is 0 Å². The van der Waals surface area contributed by atoms with E-state index in [1.165, 1.54) is 6.07 Å². The van der Waals surface area contributed by atoms with Gasteiger partial charge < -0.3 is 5.11 Å². The molecule has 0 unspecified atom stereocenters. The molecule has 0 atom stereocenters. The van der Waals surface area contributed by atoms with Gasteiger partial charge in [0.25, 0.3) is 0 Å². The van der Waals surface area contributed by atoms with Crippen LogP contribution in [0.15, 0.2) is 18.2 Å². The van der Waals surface area contributed by atoms with Crippen LogP contribution < -0.4 is 0 Å². The van der Waals surface area contributed by atoms with E-state index in [0.717, 1.165) is 17.1 Å². The zero-order chi connectivity index (χ0) is 11.8. The lowest BCUT2D eigenvalue weighted by Gasteiger charge is -2.01. The van der Waals surface area contributed by atoms with Crippen molar-refractivity contribution in [3.8, 4) is 11.8 Å². The van der Waals surface area contributed by atoms with Crippen LogP contribution in [0.2, 0.25) is 0 Å². The minimum Gasteiger partial charge on any atom is -0.395 e. The minimum absolute atomic E-state index is 0.0139. The third-order valence-corrected chi connectivity index (χ3v) is 2.91. The molecule has 3 heteroatoms. The van der Waals surface area contributed by atoms with Crippen LogP contribution in [-0.2, 0) is 5.75 Å². The quantitative estimate of drug-likeness (QED) is 0.814. The van der Waals surface area contributed by atoms with Gasteiger partial charge in [-0.15, -0.1) is 0 Å². The Labute approximate surface area is 100 Å². The number of aliphatic hydroxyl groups is 1. The van der Waals surface area contributed by atoms with Gasteiger partial charge in [-0.3, -0.25) is 0 Å². The topological polar surface area (TPSA) is 20.2 Å². The van der Waals surface area contributed by atoms with Gasteiger partial charge in [-0.2, -0.15) is 11.8 Å². The molecule has 0 aromatic heterocycles. The van der Waals surface area contributed by atoms with Crippen molar-refractivity contribution >= 4 is 11.8 Å². The van der Waals surface area contributed by atoms with Crippen LogP contribution >= 0.6 is 11.8 Å². The van der Waals surface area contributed by atoms with Crippen molar-refractivity contribution in [1.29, 1.82) is 0 Å². The molecular weight excluding hydrogens is 223 g/mol. The second-order valence-electron chi connectivity index (χ2n) is 3.23. The Kier molecular flexibility index (Phi) is 5.99. The predicted molar refractivity (Wildman–Crippen MR) is 66.8 cm³/mol. The van der Waals surface area contributed by atoms with Gasteiger partial charge in [0, 0.05) is 12.2 Å². The number of thioether (sulfide) groups is 1. The van der Waals surface area contributed by atoms with Crippen molar-refractivity contribution in [3.63, 3.8) is 0 Å². The number of hydrogen-bond donors (Lipinski definition) is 1. The first-order chi connectivity index (χ1) is 7.77. The van der Waals surface area contributed by atoms with E-state index in [-0.39, 0.29) is 12.4 Å². The molecule has 86 valence electrons. The summed E-state index contributed by atoms with van der Waals surface area (Å²) in [4.78, 5) is 0. The highest BCUT2D eigenvalue weighted by atomic mass is 32.2. The van der Waals surface area contributed by atoms with E-state index in [4.69, 9.17) is 5.11 Å². The van der Waals surface area contributed by atoms with Crippen molar-refractivity contribution in [1.82, 2.24) is 0 Å². The molecule has 0 heterocycles. The van der Waals surface area contributed by atoms with Crippen LogP contribution in [0.25, 0.3) is 0 Å². The fraction of sp³-hybridized carbons (Fsp3) is 0.385. The molecule has 0 spiro atoms. The largest absolute Gasteiger partial charge is 0.395 e. The highest BCUT2D eigenvalue weighted by molar-refractivity contribution is 7.98. The number of hydrogen-bond acceptors (Lipinski definition) is 2. The number of benzene rings is 1. The lowest BCUT2D eigenvalue weighted by atomic mass is 10.1. The smallest absolute Gasteiger partial charge is 0.138 e. The fourth-order valence-electron chi connectivity index (χ4n) is 1.19. The van der Waals surface area contributed by atoms with E-state index in [2.05, 4.69) is 18.8 Å². The summed E-state index contributed by atoms with van der Waals surface area (Å²) in [5, 5.41) is 8.58. The van der Waals surface area contributed by atoms with Crippen LogP contribution in [0.4, 0.5) is 4.39 Å². The SMILES string of the molecule is CCSCc1ccc(F)c(C#CCCO)c1. The summed E-state index contributed by atoms with van der Waals surface area (Å²) in [6, 6.07) is 5.02. The average molecular weight is 238 g/mol. The van der Waals surface area contributed by atoms with Crippen LogP contribution in [-0.4, -0.2) is 17.5 Å². The molecule has 1 rings (SSSR count). The summed E-state index contributed by atoms with van der Waals surface area (Å²) in [6.07, 6.45) is 0.382. The predicted octanol–water partition coefficient (Wildman–Crippen LogP) is 2.81. The molecule has 0 radical (unpaired) electrons. The van der Waals surface area contributed by atoms with Gasteiger partial charge in [0.05, 0.1) is 12.2 Å². The summed E-state index contributed by atoms with van der Waals surface area (Å²) >= 11 is 1.79. The Morgan fingerprint density at radius 2 is 2.25 bits per heavy atom. The molecule has 1 aromatic carbocycles. The summed E-state index contributed by atoms with van der Waals surface area (Å²) in [7, 11) is 0. The molecule has 0 bridgehead atoms. The van der Waals surface area contributed by atoms with Gasteiger partial charge in [0.15, 0.2) is 0 Å². The van der Waals surface area contributed by atoms with E-state index in [1.54, 1.807) is 23.9 Å². The first-order valence-electron chi connectivity index (χ1n) is 5.23. The monoisotopic (exact) mass is 238 g/mol. The first-order valence-corrected chi connectivity index (χ1v) is 6.39. The maximum atomic E-state index is 13.3. The van der Waals surface area contributed by atoms with E-state index in [0.29, 0.717) is 12.0 Å². The maximum absolute atomic E-state index is 13.3. The molecule has 0 fully saturated rings. The van der Waals surface area contributed by atoms with E-state index < -0.39 is 0 Å². The van der Waals surface area contributed by atoms with E-state index in [9.17, 15) is 4.39 Å². The minimum atomic E-state index is -0.296. The average Bonchev–Trinajstić information content (AvgIpc) is 2.30. The fourth-order valence-corrected chi connectivity index (χ4v) is 1.81. The van der Waals surface area contributed by atoms with Gasteiger partial charge in [-0.25, -0.2) is 4.39 Å². The normalized spacial score (nSPS) is 9.69. The Bertz CT molecular complexity index is 393. The molecule has 16 heavy (non-hydrogen) atoms. The van der Waals surface area contributed by atoms with Crippen LogP contribution in [0.3, 0.4) is 0 Å². The highest BCUT2D eigenvalue weighted by Gasteiger charge is 2.00. The second kappa shape index (κ2) is 7.32. The summed E-state index contributed by atoms with van der Waals surface area (Å²) in [5.41, 5.74) is 1.50. The Hall–Kier alpha value is -0.980. The molecule has 0 aliphatic rings. The molecule has 0 saturated heterocycles. The van der Waals surface area contributed by atoms with Gasteiger partial charge in [0.1, 0.15) is 5.82 Å². The lowest BCUT2D eigenvalue weighted by molar-refractivity contribution is 0.305. The third-order valence-electron chi connectivity index (χ3n) is 1.96. The lowest BCUT2D eigenvalue weighted by Crippen LogP contribution is -1.88. The zero-order valence-corrected chi connectivity index (χ0v) is 10.1. The van der Waals surface area contributed by atoms with Gasteiger partial charge in [-0.1, -0.05) is 24.8 Å². The third kappa shape index (κ3) is 4.26. The van der Waals surface area contributed by atoms with Crippen molar-refractivity contribution < 1.29 is 9.50 Å². The Balaban J connectivity index is 2.79. The van der Waals surface area contributed by atoms with Crippen molar-refractivity contribution in [2.75, 3.05) is 12.4 Å². The molecule has 1 N–H and O–H groups in total. The molecule has 0 aliphatic carbocycles. The van der Waals surface area contributed by atoms with Gasteiger partial charge in [0.2, 0.25) is 0 Å². The standard InChI is InChI=1S/C13H15FOS/c1-2-16-10-11-6-7-13(14)12(9-11)5-3-4-8-15/h6-7,9,15H,2,4,8,10H2,1H3. The summed E-state index contributed by atoms with van der Waals surface area (Å²) in [6.45, 7) is 2.11. The molecule has 0 amide bonds. The van der Waals surface area contributed by atoms with Crippen molar-refractivity contribution in [3.05, 3.63) is 35.1 Å². The maximum Gasteiger partial charge on any atom is 0.138 e. The number of rotatable bonds is 4. The summed E-state index contributed by atoms with van der Waals surface area (Å²) < 4.78 is 13.3. The highest BCUT2D eigenvalue weighted by Crippen LogP contribution is 2.15. The van der Waals surface area contributed by atoms with E-state index >= 15 is 0 Å². The van der Waals surface area contributed by atoms with E-state index in [1.807, 2.05) is 0 Å². The molecule has 0 aliphatic heterocycles. The first kappa shape index (κ1) is 13.1.